The quantitative estimate of drug-likeness (QED) is 0.395. The number of rotatable bonds is 14. The standard InChI is InChI=1S/C17H35N3O6S.H2/c1-4-27(22,23)20-8-6-19(7-9-20)10-12-25-14-13-24-11-5-18-17(21)15-26-16(2)3;/h16H,4-15H2,1-3H3,(H,18,21);1H. The molecule has 1 rings (SSSR count). The first-order valence-electron chi connectivity index (χ1n) is 9.59. The van der Waals surface area contributed by atoms with Crippen LogP contribution < -0.4 is 5.32 Å². The summed E-state index contributed by atoms with van der Waals surface area (Å²) in [6.07, 6.45) is 0.0393. The molecule has 0 aromatic carbocycles. The van der Waals surface area contributed by atoms with Crippen molar-refractivity contribution in [2.75, 3.05) is 78.1 Å². The molecule has 1 aliphatic heterocycles. The van der Waals surface area contributed by atoms with E-state index in [9.17, 15) is 13.2 Å². The summed E-state index contributed by atoms with van der Waals surface area (Å²) in [5.74, 6) is 0.0151. The predicted octanol–water partition coefficient (Wildman–Crippen LogP) is -0.226. The predicted molar refractivity (Wildman–Crippen MR) is 105 cm³/mol. The van der Waals surface area contributed by atoms with Gasteiger partial charge in [-0.25, -0.2) is 8.42 Å². The Balaban J connectivity index is 0.00000729. The van der Waals surface area contributed by atoms with Crippen LogP contribution in [0.15, 0.2) is 0 Å². The Bertz CT molecular complexity index is 513. The molecule has 1 fully saturated rings. The summed E-state index contributed by atoms with van der Waals surface area (Å²) < 4.78 is 41.3. The summed E-state index contributed by atoms with van der Waals surface area (Å²) in [5, 5.41) is 2.72. The Kier molecular flexibility index (Phi) is 12.0. The smallest absolute Gasteiger partial charge is 0.246 e. The molecule has 0 saturated carbocycles. The Morgan fingerprint density at radius 2 is 1.70 bits per heavy atom. The van der Waals surface area contributed by atoms with Crippen LogP contribution in [0.3, 0.4) is 0 Å². The SMILES string of the molecule is CCS(=O)(=O)N1CCN(CCOCCOCCNC(=O)COC(C)C)CC1.[HH]. The first-order valence-corrected chi connectivity index (χ1v) is 11.2. The highest BCUT2D eigenvalue weighted by Gasteiger charge is 2.24. The van der Waals surface area contributed by atoms with E-state index in [2.05, 4.69) is 10.2 Å². The van der Waals surface area contributed by atoms with Crippen molar-refractivity contribution in [3.8, 4) is 0 Å². The van der Waals surface area contributed by atoms with Crippen molar-refractivity contribution < 1.29 is 28.8 Å². The average Bonchev–Trinajstić information content (AvgIpc) is 2.65. The van der Waals surface area contributed by atoms with Gasteiger partial charge in [-0.2, -0.15) is 4.31 Å². The Morgan fingerprint density at radius 3 is 2.30 bits per heavy atom. The summed E-state index contributed by atoms with van der Waals surface area (Å²) >= 11 is 0. The fourth-order valence-electron chi connectivity index (χ4n) is 2.49. The van der Waals surface area contributed by atoms with Gasteiger partial charge in [0.05, 0.1) is 38.3 Å². The lowest BCUT2D eigenvalue weighted by molar-refractivity contribution is -0.127. The van der Waals surface area contributed by atoms with Gasteiger partial charge >= 0.3 is 0 Å². The lowest BCUT2D eigenvalue weighted by Gasteiger charge is -2.33. The van der Waals surface area contributed by atoms with Crippen molar-refractivity contribution in [2.24, 2.45) is 0 Å². The van der Waals surface area contributed by atoms with Crippen molar-refractivity contribution in [1.82, 2.24) is 14.5 Å². The van der Waals surface area contributed by atoms with E-state index >= 15 is 0 Å². The average molecular weight is 412 g/mol. The highest BCUT2D eigenvalue weighted by molar-refractivity contribution is 7.89. The van der Waals surface area contributed by atoms with Crippen LogP contribution in [0.4, 0.5) is 0 Å². The van der Waals surface area contributed by atoms with E-state index < -0.39 is 10.0 Å². The molecular weight excluding hydrogens is 374 g/mol. The van der Waals surface area contributed by atoms with Gasteiger partial charge in [-0.3, -0.25) is 9.69 Å². The largest absolute Gasteiger partial charge is 0.378 e. The van der Waals surface area contributed by atoms with Gasteiger partial charge in [0.15, 0.2) is 0 Å². The maximum atomic E-state index is 11.8. The zero-order valence-electron chi connectivity index (χ0n) is 16.8. The lowest BCUT2D eigenvalue weighted by Crippen LogP contribution is -2.49. The first-order chi connectivity index (χ1) is 12.8. The van der Waals surface area contributed by atoms with Crippen molar-refractivity contribution in [2.45, 2.75) is 26.9 Å². The van der Waals surface area contributed by atoms with Gasteiger partial charge in [0.2, 0.25) is 15.9 Å². The summed E-state index contributed by atoms with van der Waals surface area (Å²) in [6, 6.07) is 0. The number of carbonyl (C=O) groups excluding carboxylic acids is 1. The van der Waals surface area contributed by atoms with Gasteiger partial charge in [0.1, 0.15) is 6.61 Å². The first kappa shape index (κ1) is 24.3. The number of hydrogen-bond donors (Lipinski definition) is 1. The minimum Gasteiger partial charge on any atom is -0.378 e. The van der Waals surface area contributed by atoms with Gasteiger partial charge in [-0.1, -0.05) is 0 Å². The van der Waals surface area contributed by atoms with Gasteiger partial charge in [0.25, 0.3) is 0 Å². The second-order valence-corrected chi connectivity index (χ2v) is 8.83. The number of piperazine rings is 1. The number of amides is 1. The van der Waals surface area contributed by atoms with Gasteiger partial charge in [-0.15, -0.1) is 0 Å². The molecule has 10 heteroatoms. The third kappa shape index (κ3) is 11.0. The molecule has 1 aliphatic rings. The van der Waals surface area contributed by atoms with Crippen molar-refractivity contribution in [3.63, 3.8) is 0 Å². The topological polar surface area (TPSA) is 97.4 Å². The van der Waals surface area contributed by atoms with Crippen molar-refractivity contribution in [1.29, 1.82) is 0 Å². The molecular formula is C17H37N3O6S. The molecule has 1 saturated heterocycles. The van der Waals surface area contributed by atoms with Crippen LogP contribution in [0.5, 0.6) is 0 Å². The summed E-state index contributed by atoms with van der Waals surface area (Å²) in [4.78, 5) is 13.6. The molecule has 0 atom stereocenters. The molecule has 0 aliphatic carbocycles. The number of nitrogens with zero attached hydrogens (tertiary/aromatic N) is 2. The van der Waals surface area contributed by atoms with E-state index in [1.165, 1.54) is 0 Å². The molecule has 1 heterocycles. The van der Waals surface area contributed by atoms with Crippen LogP contribution in [0, 0.1) is 0 Å². The monoisotopic (exact) mass is 411 g/mol. The molecule has 9 nitrogen and oxygen atoms in total. The van der Waals surface area contributed by atoms with Gasteiger partial charge < -0.3 is 19.5 Å². The maximum Gasteiger partial charge on any atom is 0.246 e. The molecule has 0 radical (unpaired) electrons. The molecule has 0 spiro atoms. The number of sulfonamides is 1. The van der Waals surface area contributed by atoms with Crippen LogP contribution in [-0.2, 0) is 29.0 Å². The highest BCUT2D eigenvalue weighted by atomic mass is 32.2. The second-order valence-electron chi connectivity index (χ2n) is 6.58. The third-order valence-corrected chi connectivity index (χ3v) is 6.01. The van der Waals surface area contributed by atoms with Crippen molar-refractivity contribution >= 4 is 15.9 Å². The molecule has 0 unspecified atom stereocenters. The summed E-state index contributed by atoms with van der Waals surface area (Å²) in [6.45, 7) is 11.3. The minimum absolute atomic E-state index is 0. The molecule has 0 aromatic heterocycles. The number of hydrogen-bond acceptors (Lipinski definition) is 7. The van der Waals surface area contributed by atoms with Crippen molar-refractivity contribution in [3.05, 3.63) is 0 Å². The van der Waals surface area contributed by atoms with Crippen LogP contribution in [-0.4, -0.2) is 108 Å². The van der Waals surface area contributed by atoms with Crippen LogP contribution in [0.25, 0.3) is 0 Å². The van der Waals surface area contributed by atoms with Gasteiger partial charge in [-0.05, 0) is 20.8 Å². The fraction of sp³-hybridized carbons (Fsp3) is 0.941. The van der Waals surface area contributed by atoms with E-state index in [1.807, 2.05) is 13.8 Å². The van der Waals surface area contributed by atoms with Crippen LogP contribution in [0.1, 0.15) is 22.2 Å². The van der Waals surface area contributed by atoms with E-state index in [0.717, 1.165) is 19.6 Å². The molecule has 0 bridgehead atoms. The number of nitrogens with one attached hydrogen (secondary N) is 1. The Labute approximate surface area is 164 Å². The molecule has 1 N–H and O–H groups in total. The zero-order chi connectivity index (χ0) is 20.1. The normalized spacial score (nSPS) is 16.7. The maximum absolute atomic E-state index is 11.8. The molecule has 27 heavy (non-hydrogen) atoms. The third-order valence-electron chi connectivity index (χ3n) is 4.13. The minimum atomic E-state index is -3.07. The molecule has 1 amide bonds. The van der Waals surface area contributed by atoms with Crippen LogP contribution in [0.2, 0.25) is 0 Å². The second kappa shape index (κ2) is 13.4. The fourth-order valence-corrected chi connectivity index (χ4v) is 3.57. The van der Waals surface area contributed by atoms with E-state index in [-0.39, 0.29) is 25.8 Å². The molecule has 0 aromatic rings. The lowest BCUT2D eigenvalue weighted by atomic mass is 10.3. The zero-order valence-corrected chi connectivity index (χ0v) is 17.6. The number of ether oxygens (including phenoxy) is 3. The number of carbonyl (C=O) groups is 1. The van der Waals surface area contributed by atoms with E-state index in [1.54, 1.807) is 11.2 Å². The van der Waals surface area contributed by atoms with E-state index in [0.29, 0.717) is 46.1 Å². The van der Waals surface area contributed by atoms with E-state index in [4.69, 9.17) is 14.2 Å². The molecule has 162 valence electrons. The summed E-state index contributed by atoms with van der Waals surface area (Å²) in [7, 11) is -3.07. The van der Waals surface area contributed by atoms with Gasteiger partial charge in [0, 0.05) is 40.7 Å². The Hall–Kier alpha value is -0.780. The summed E-state index contributed by atoms with van der Waals surface area (Å²) in [5.41, 5.74) is 0. The Morgan fingerprint density at radius 1 is 1.07 bits per heavy atom. The van der Waals surface area contributed by atoms with Crippen LogP contribution >= 0.6 is 0 Å². The highest BCUT2D eigenvalue weighted by Crippen LogP contribution is 2.07.